The third kappa shape index (κ3) is 8.47. The van der Waals surface area contributed by atoms with Gasteiger partial charge in [0.1, 0.15) is 11.7 Å². The lowest BCUT2D eigenvalue weighted by atomic mass is 10.1. The van der Waals surface area contributed by atoms with Gasteiger partial charge in [0.2, 0.25) is 11.8 Å². The van der Waals surface area contributed by atoms with Crippen molar-refractivity contribution in [3.8, 4) is 0 Å². The molecule has 0 unspecified atom stereocenters. The van der Waals surface area contributed by atoms with E-state index in [0.717, 1.165) is 12.8 Å². The molecule has 1 fully saturated rings. The molecule has 8 nitrogen and oxygen atoms in total. The Hall–Kier alpha value is -2.03. The third-order valence-electron chi connectivity index (χ3n) is 4.37. The molecule has 0 saturated heterocycles. The maximum absolute atomic E-state index is 12.0. The van der Waals surface area contributed by atoms with Gasteiger partial charge in [-0.2, -0.15) is 11.8 Å². The van der Waals surface area contributed by atoms with Crippen LogP contribution in [0.1, 0.15) is 46.5 Å². The minimum atomic E-state index is -1.16. The van der Waals surface area contributed by atoms with Gasteiger partial charge in [-0.05, 0) is 36.9 Å². The first kappa shape index (κ1) is 23.0. The molecule has 0 aromatic rings. The van der Waals surface area contributed by atoms with Crippen molar-refractivity contribution in [3.63, 3.8) is 0 Å². The highest BCUT2D eigenvalue weighted by Gasteiger charge is 2.50. The Balaban J connectivity index is 2.28. The van der Waals surface area contributed by atoms with Crippen LogP contribution in [0.25, 0.3) is 0 Å². The zero-order valence-corrected chi connectivity index (χ0v) is 16.7. The molecule has 0 bridgehead atoms. The normalized spacial score (nSPS) is 19.1. The van der Waals surface area contributed by atoms with Crippen LogP contribution in [0.15, 0.2) is 11.8 Å². The fourth-order valence-corrected chi connectivity index (χ4v) is 3.58. The highest BCUT2D eigenvalue weighted by Crippen LogP contribution is 2.51. The van der Waals surface area contributed by atoms with Gasteiger partial charge in [0, 0.05) is 18.6 Å². The van der Waals surface area contributed by atoms with Crippen molar-refractivity contribution < 1.29 is 29.4 Å². The number of carboxylic acid groups (broad SMARTS) is 2. The molecule has 152 valence electrons. The van der Waals surface area contributed by atoms with Gasteiger partial charge in [0.05, 0.1) is 0 Å². The molecule has 0 aromatic heterocycles. The summed E-state index contributed by atoms with van der Waals surface area (Å²) in [5.74, 6) is -2.02. The summed E-state index contributed by atoms with van der Waals surface area (Å²) in [7, 11) is 0. The Morgan fingerprint density at radius 3 is 2.33 bits per heavy atom. The van der Waals surface area contributed by atoms with Gasteiger partial charge in [-0.15, -0.1) is 0 Å². The number of carbonyl (C=O) groups excluding carboxylic acids is 2. The van der Waals surface area contributed by atoms with Crippen molar-refractivity contribution in [1.29, 1.82) is 0 Å². The first-order chi connectivity index (χ1) is 12.5. The number of allylic oxidation sites excluding steroid dienone is 1. The number of hydrogen-bond acceptors (Lipinski definition) is 5. The Morgan fingerprint density at radius 1 is 1.22 bits per heavy atom. The smallest absolute Gasteiger partial charge is 0.352 e. The largest absolute Gasteiger partial charge is 0.480 e. The van der Waals surface area contributed by atoms with Crippen LogP contribution >= 0.6 is 11.8 Å². The van der Waals surface area contributed by atoms with E-state index in [4.69, 9.17) is 5.11 Å². The highest BCUT2D eigenvalue weighted by molar-refractivity contribution is 7.99. The molecule has 4 N–H and O–H groups in total. The van der Waals surface area contributed by atoms with Crippen LogP contribution in [0.2, 0.25) is 0 Å². The summed E-state index contributed by atoms with van der Waals surface area (Å²) in [5, 5.41) is 23.1. The molecule has 0 spiro atoms. The van der Waals surface area contributed by atoms with Crippen molar-refractivity contribution in [2.45, 2.75) is 52.5 Å². The minimum absolute atomic E-state index is 0.0595. The molecule has 2 amide bonds. The molecule has 1 rings (SSSR count). The molecule has 9 heteroatoms. The van der Waals surface area contributed by atoms with E-state index in [1.54, 1.807) is 0 Å². The second-order valence-corrected chi connectivity index (χ2v) is 8.47. The number of amides is 2. The number of unbranched alkanes of at least 4 members (excludes halogenated alkanes) is 2. The predicted molar refractivity (Wildman–Crippen MR) is 102 cm³/mol. The van der Waals surface area contributed by atoms with Crippen LogP contribution in [0, 0.1) is 11.3 Å². The fourth-order valence-electron chi connectivity index (χ4n) is 2.54. The first-order valence-electron chi connectivity index (χ1n) is 8.86. The van der Waals surface area contributed by atoms with E-state index in [0.29, 0.717) is 18.6 Å². The van der Waals surface area contributed by atoms with Gasteiger partial charge in [-0.25, -0.2) is 9.59 Å². The molecule has 1 aliphatic carbocycles. The van der Waals surface area contributed by atoms with Crippen molar-refractivity contribution in [2.24, 2.45) is 11.3 Å². The first-order valence-corrected chi connectivity index (χ1v) is 10.0. The van der Waals surface area contributed by atoms with E-state index in [2.05, 4.69) is 10.6 Å². The van der Waals surface area contributed by atoms with Crippen LogP contribution in [0.5, 0.6) is 0 Å². The average Bonchev–Trinajstić information content (AvgIpc) is 3.19. The molecular weight excluding hydrogens is 372 g/mol. The molecule has 0 aromatic carbocycles. The molecule has 1 saturated carbocycles. The molecule has 0 heterocycles. The summed E-state index contributed by atoms with van der Waals surface area (Å²) >= 11 is 1.42. The molecule has 27 heavy (non-hydrogen) atoms. The summed E-state index contributed by atoms with van der Waals surface area (Å²) in [6.45, 7) is 5.22. The van der Waals surface area contributed by atoms with Gasteiger partial charge >= 0.3 is 11.9 Å². The van der Waals surface area contributed by atoms with Gasteiger partial charge in [-0.3, -0.25) is 9.59 Å². The zero-order valence-electron chi connectivity index (χ0n) is 15.9. The molecule has 0 aliphatic heterocycles. The number of nitrogens with one attached hydrogen (secondary N) is 2. The quantitative estimate of drug-likeness (QED) is 0.289. The predicted octanol–water partition coefficient (Wildman–Crippen LogP) is 1.61. The molecule has 1 aliphatic rings. The van der Waals surface area contributed by atoms with Crippen LogP contribution < -0.4 is 10.6 Å². The van der Waals surface area contributed by atoms with E-state index in [1.165, 1.54) is 24.8 Å². The number of hydrogen-bond donors (Lipinski definition) is 4. The fraction of sp³-hybridized carbons (Fsp3) is 0.667. The number of carboxylic acids is 2. The van der Waals surface area contributed by atoms with Crippen molar-refractivity contribution in [1.82, 2.24) is 10.6 Å². The lowest BCUT2D eigenvalue weighted by Crippen LogP contribution is -2.41. The van der Waals surface area contributed by atoms with Gasteiger partial charge in [-0.1, -0.05) is 19.9 Å². The lowest BCUT2D eigenvalue weighted by molar-refractivity contribution is -0.140. The summed E-state index contributed by atoms with van der Waals surface area (Å²) < 4.78 is 0. The Bertz CT molecular complexity index is 617. The Morgan fingerprint density at radius 2 is 1.85 bits per heavy atom. The molecule has 0 radical (unpaired) electrons. The minimum Gasteiger partial charge on any atom is -0.480 e. The molecule has 2 atom stereocenters. The third-order valence-corrected chi connectivity index (χ3v) is 5.52. The maximum atomic E-state index is 12.0. The highest BCUT2D eigenvalue weighted by atomic mass is 32.2. The summed E-state index contributed by atoms with van der Waals surface area (Å²) in [6.07, 6.45) is 4.26. The van der Waals surface area contributed by atoms with Crippen molar-refractivity contribution >= 4 is 35.5 Å². The topological polar surface area (TPSA) is 133 Å². The van der Waals surface area contributed by atoms with Crippen LogP contribution in [-0.4, -0.2) is 51.5 Å². The van der Waals surface area contributed by atoms with Crippen molar-refractivity contribution in [3.05, 3.63) is 11.8 Å². The number of rotatable bonds is 12. The van der Waals surface area contributed by atoms with Crippen LogP contribution in [-0.2, 0) is 19.2 Å². The van der Waals surface area contributed by atoms with Gasteiger partial charge < -0.3 is 20.8 Å². The zero-order chi connectivity index (χ0) is 20.6. The van der Waals surface area contributed by atoms with Crippen LogP contribution in [0.4, 0.5) is 0 Å². The Kier molecular flexibility index (Phi) is 8.81. The van der Waals surface area contributed by atoms with E-state index in [9.17, 15) is 24.3 Å². The number of carbonyl (C=O) groups is 4. The molecular formula is C18H28N2O6S. The van der Waals surface area contributed by atoms with Crippen LogP contribution in [0.3, 0.4) is 0 Å². The summed E-state index contributed by atoms with van der Waals surface area (Å²) in [5.41, 5.74) is -0.150. The second kappa shape index (κ2) is 10.3. The Labute approximate surface area is 163 Å². The lowest BCUT2D eigenvalue weighted by Gasteiger charge is -2.12. The maximum Gasteiger partial charge on any atom is 0.352 e. The summed E-state index contributed by atoms with van der Waals surface area (Å²) in [6, 6.07) is -0.909. The monoisotopic (exact) mass is 400 g/mol. The second-order valence-electron chi connectivity index (χ2n) is 7.32. The van der Waals surface area contributed by atoms with E-state index in [1.807, 2.05) is 13.8 Å². The SMILES string of the molecule is CC(=O)N[C@H](CSCCCC/C=C(\NC(=O)[C@H]1CC1(C)C)C(=O)O)C(=O)O. The summed E-state index contributed by atoms with van der Waals surface area (Å²) in [4.78, 5) is 45.2. The number of aliphatic carboxylic acids is 2. The van der Waals surface area contributed by atoms with Gasteiger partial charge in [0.25, 0.3) is 0 Å². The van der Waals surface area contributed by atoms with E-state index < -0.39 is 18.0 Å². The van der Waals surface area contributed by atoms with Crippen molar-refractivity contribution in [2.75, 3.05) is 11.5 Å². The van der Waals surface area contributed by atoms with E-state index >= 15 is 0 Å². The van der Waals surface area contributed by atoms with E-state index in [-0.39, 0.29) is 34.6 Å². The van der Waals surface area contributed by atoms with Gasteiger partial charge in [0.15, 0.2) is 0 Å². The number of thioether (sulfide) groups is 1. The average molecular weight is 400 g/mol. The standard InChI is InChI=1S/C18H28N2O6S/c1-11(21)19-14(17(25)26)10-27-8-6-4-5-7-13(16(23)24)20-15(22)12-9-18(12,2)3/h7,12,14H,4-6,8-10H2,1-3H3,(H,19,21)(H,20,22)(H,23,24)(H,25,26)/b13-7-/t12-,14-/m1/s1.